The summed E-state index contributed by atoms with van der Waals surface area (Å²) in [5.41, 5.74) is 3.34. The molecule has 1 saturated heterocycles. The van der Waals surface area contributed by atoms with E-state index in [-0.39, 0.29) is 6.03 Å². The number of piperazine rings is 1. The molecule has 3 aromatic carbocycles. The maximum absolute atomic E-state index is 12.8. The molecular weight excluding hydrogens is 386 g/mol. The number of anilines is 1. The van der Waals surface area contributed by atoms with E-state index in [4.69, 9.17) is 4.74 Å². The average molecular weight is 416 g/mol. The first-order valence-electron chi connectivity index (χ1n) is 10.8. The summed E-state index contributed by atoms with van der Waals surface area (Å²) in [6.07, 6.45) is 0.957. The van der Waals surface area contributed by atoms with Crippen molar-refractivity contribution in [3.63, 3.8) is 0 Å². The zero-order valence-electron chi connectivity index (χ0n) is 17.9. The number of carbonyl (C=O) groups excluding carboxylic acids is 1. The molecule has 5 nitrogen and oxygen atoms in total. The summed E-state index contributed by atoms with van der Waals surface area (Å²) in [5, 5.41) is 2.99. The molecule has 1 N–H and O–H groups in total. The Kier molecular flexibility index (Phi) is 6.85. The smallest absolute Gasteiger partial charge is 0.322 e. The van der Waals surface area contributed by atoms with Crippen molar-refractivity contribution < 1.29 is 9.53 Å². The number of nitrogens with one attached hydrogen (secondary N) is 1. The van der Waals surface area contributed by atoms with E-state index in [9.17, 15) is 4.79 Å². The lowest BCUT2D eigenvalue weighted by atomic mass is 9.96. The van der Waals surface area contributed by atoms with Crippen LogP contribution in [0.15, 0.2) is 84.9 Å². The zero-order valence-corrected chi connectivity index (χ0v) is 17.9. The van der Waals surface area contributed by atoms with Crippen LogP contribution in [0.4, 0.5) is 10.5 Å². The number of urea groups is 1. The molecule has 160 valence electrons. The predicted octanol–water partition coefficient (Wildman–Crippen LogP) is 4.83. The van der Waals surface area contributed by atoms with Crippen LogP contribution in [0, 0.1) is 0 Å². The summed E-state index contributed by atoms with van der Waals surface area (Å²) < 4.78 is 5.35. The summed E-state index contributed by atoms with van der Waals surface area (Å²) >= 11 is 0. The minimum atomic E-state index is -0.0801. The molecule has 1 atom stereocenters. The number of ether oxygens (including phenoxy) is 1. The van der Waals surface area contributed by atoms with Crippen LogP contribution >= 0.6 is 0 Å². The van der Waals surface area contributed by atoms with Gasteiger partial charge >= 0.3 is 6.03 Å². The Morgan fingerprint density at radius 1 is 0.871 bits per heavy atom. The fraction of sp³-hybridized carbons (Fsp3) is 0.269. The Morgan fingerprint density at radius 3 is 2.16 bits per heavy atom. The molecule has 0 saturated carbocycles. The molecule has 3 aromatic rings. The van der Waals surface area contributed by atoms with Crippen LogP contribution < -0.4 is 10.1 Å². The van der Waals surface area contributed by atoms with Gasteiger partial charge < -0.3 is 15.0 Å². The normalized spacial score (nSPS) is 15.3. The minimum absolute atomic E-state index is 0.0801. The summed E-state index contributed by atoms with van der Waals surface area (Å²) in [6, 6.07) is 29.0. The van der Waals surface area contributed by atoms with Crippen LogP contribution in [0.1, 0.15) is 17.2 Å². The lowest BCUT2D eigenvalue weighted by Gasteiger charge is -2.39. The first-order valence-corrected chi connectivity index (χ1v) is 10.8. The second kappa shape index (κ2) is 10.1. The number of methoxy groups -OCH3 is 1. The Morgan fingerprint density at radius 2 is 1.48 bits per heavy atom. The number of nitrogens with zero attached hydrogens (tertiary/aromatic N) is 2. The lowest BCUT2D eigenvalue weighted by molar-refractivity contribution is 0.112. The van der Waals surface area contributed by atoms with Gasteiger partial charge in [0.2, 0.25) is 0 Å². The van der Waals surface area contributed by atoms with Gasteiger partial charge in [0.05, 0.1) is 12.8 Å². The van der Waals surface area contributed by atoms with Crippen LogP contribution in [0.2, 0.25) is 0 Å². The van der Waals surface area contributed by atoms with Crippen molar-refractivity contribution in [2.45, 2.75) is 12.5 Å². The number of benzene rings is 3. The van der Waals surface area contributed by atoms with Crippen LogP contribution in [-0.2, 0) is 6.42 Å². The van der Waals surface area contributed by atoms with E-state index < -0.39 is 0 Å². The SMILES string of the molecule is COc1ccccc1NC(=O)N1CCN([C@@H](Cc2ccccc2)c2ccccc2)CC1. The number of amides is 2. The maximum atomic E-state index is 12.8. The average Bonchev–Trinajstić information content (AvgIpc) is 2.84. The monoisotopic (exact) mass is 415 g/mol. The fourth-order valence-corrected chi connectivity index (χ4v) is 4.15. The zero-order chi connectivity index (χ0) is 21.5. The molecule has 1 aliphatic heterocycles. The second-order valence-electron chi connectivity index (χ2n) is 7.77. The van der Waals surface area contributed by atoms with Crippen molar-refractivity contribution in [3.05, 3.63) is 96.1 Å². The third-order valence-corrected chi connectivity index (χ3v) is 5.85. The Hall–Kier alpha value is -3.31. The Balaban J connectivity index is 1.42. The van der Waals surface area contributed by atoms with Crippen molar-refractivity contribution in [3.8, 4) is 5.75 Å². The summed E-state index contributed by atoms with van der Waals surface area (Å²) in [4.78, 5) is 17.2. The molecule has 0 unspecified atom stereocenters. The summed E-state index contributed by atoms with van der Waals surface area (Å²) in [7, 11) is 1.61. The molecule has 2 amide bonds. The highest BCUT2D eigenvalue weighted by molar-refractivity contribution is 5.91. The molecular formula is C26H29N3O2. The van der Waals surface area contributed by atoms with Crippen LogP contribution in [0.25, 0.3) is 0 Å². The van der Waals surface area contributed by atoms with Gasteiger partial charge in [-0.25, -0.2) is 4.79 Å². The third kappa shape index (κ3) is 5.25. The highest BCUT2D eigenvalue weighted by Gasteiger charge is 2.27. The predicted molar refractivity (Wildman–Crippen MR) is 124 cm³/mol. The maximum Gasteiger partial charge on any atom is 0.322 e. The van der Waals surface area contributed by atoms with Gasteiger partial charge in [0.15, 0.2) is 0 Å². The van der Waals surface area contributed by atoms with Gasteiger partial charge in [-0.3, -0.25) is 4.90 Å². The van der Waals surface area contributed by atoms with Crippen molar-refractivity contribution in [2.24, 2.45) is 0 Å². The molecule has 31 heavy (non-hydrogen) atoms. The van der Waals surface area contributed by atoms with Crippen molar-refractivity contribution in [2.75, 3.05) is 38.6 Å². The molecule has 0 radical (unpaired) electrons. The summed E-state index contributed by atoms with van der Waals surface area (Å²) in [5.74, 6) is 0.668. The quantitative estimate of drug-likeness (QED) is 0.627. The van der Waals surface area contributed by atoms with E-state index in [0.29, 0.717) is 30.6 Å². The van der Waals surface area contributed by atoms with E-state index in [1.54, 1.807) is 7.11 Å². The molecule has 0 bridgehead atoms. The first kappa shape index (κ1) is 20.9. The molecule has 1 aliphatic rings. The topological polar surface area (TPSA) is 44.8 Å². The number of hydrogen-bond acceptors (Lipinski definition) is 3. The Bertz CT molecular complexity index is 970. The number of hydrogen-bond donors (Lipinski definition) is 1. The third-order valence-electron chi connectivity index (χ3n) is 5.85. The number of carbonyl (C=O) groups is 1. The van der Waals surface area contributed by atoms with Crippen LogP contribution in [0.5, 0.6) is 5.75 Å². The van der Waals surface area contributed by atoms with Crippen LogP contribution in [-0.4, -0.2) is 49.1 Å². The van der Waals surface area contributed by atoms with Crippen LogP contribution in [0.3, 0.4) is 0 Å². The molecule has 1 fully saturated rings. The number of para-hydroxylation sites is 2. The first-order chi connectivity index (χ1) is 15.2. The number of rotatable bonds is 6. The van der Waals surface area contributed by atoms with Gasteiger partial charge in [-0.05, 0) is 29.7 Å². The Labute approximate surface area is 184 Å². The molecule has 4 rings (SSSR count). The molecule has 0 aromatic heterocycles. The summed E-state index contributed by atoms with van der Waals surface area (Å²) in [6.45, 7) is 3.07. The standard InChI is InChI=1S/C26H29N3O2/c1-31-25-15-9-8-14-23(25)27-26(30)29-18-16-28(17-19-29)24(22-12-6-3-7-13-22)20-21-10-4-2-5-11-21/h2-15,24H,16-20H2,1H3,(H,27,30)/t24-/m0/s1. The van der Waals surface area contributed by atoms with Crippen molar-refractivity contribution in [1.82, 2.24) is 9.80 Å². The second-order valence-corrected chi connectivity index (χ2v) is 7.77. The van der Waals surface area contributed by atoms with E-state index in [0.717, 1.165) is 19.5 Å². The van der Waals surface area contributed by atoms with Gasteiger partial charge in [-0.2, -0.15) is 0 Å². The van der Waals surface area contributed by atoms with E-state index in [1.165, 1.54) is 11.1 Å². The van der Waals surface area contributed by atoms with Crippen molar-refractivity contribution in [1.29, 1.82) is 0 Å². The van der Waals surface area contributed by atoms with E-state index in [2.05, 4.69) is 70.9 Å². The molecule has 0 aliphatic carbocycles. The van der Waals surface area contributed by atoms with E-state index >= 15 is 0 Å². The van der Waals surface area contributed by atoms with E-state index in [1.807, 2.05) is 29.2 Å². The molecule has 1 heterocycles. The van der Waals surface area contributed by atoms with Gasteiger partial charge in [0, 0.05) is 32.2 Å². The molecule has 5 heteroatoms. The lowest BCUT2D eigenvalue weighted by Crippen LogP contribution is -2.51. The van der Waals surface area contributed by atoms with Gasteiger partial charge in [0.25, 0.3) is 0 Å². The van der Waals surface area contributed by atoms with Gasteiger partial charge in [-0.15, -0.1) is 0 Å². The highest BCUT2D eigenvalue weighted by Crippen LogP contribution is 2.27. The minimum Gasteiger partial charge on any atom is -0.495 e. The fourth-order valence-electron chi connectivity index (χ4n) is 4.15. The highest BCUT2D eigenvalue weighted by atomic mass is 16.5. The van der Waals surface area contributed by atoms with Gasteiger partial charge in [0.1, 0.15) is 5.75 Å². The largest absolute Gasteiger partial charge is 0.495 e. The molecule has 0 spiro atoms. The van der Waals surface area contributed by atoms with Crippen molar-refractivity contribution >= 4 is 11.7 Å². The van der Waals surface area contributed by atoms with Gasteiger partial charge in [-0.1, -0.05) is 72.8 Å².